The first kappa shape index (κ1) is 15.3. The summed E-state index contributed by atoms with van der Waals surface area (Å²) in [6.45, 7) is 3.21. The molecule has 0 aliphatic carbocycles. The zero-order valence-corrected chi connectivity index (χ0v) is 11.1. The Morgan fingerprint density at radius 1 is 1.30 bits per heavy atom. The van der Waals surface area contributed by atoms with Crippen LogP contribution in [0.1, 0.15) is 37.0 Å². The largest absolute Gasteiger partial charge is 0.416 e. The molecule has 1 N–H and O–H groups in total. The van der Waals surface area contributed by atoms with Gasteiger partial charge in [0, 0.05) is 12.6 Å². The molecule has 2 atom stereocenters. The normalized spacial score (nSPS) is 23.9. The van der Waals surface area contributed by atoms with Crippen molar-refractivity contribution in [3.63, 3.8) is 0 Å². The lowest BCUT2D eigenvalue weighted by Crippen LogP contribution is -2.36. The molecule has 1 fully saturated rings. The molecule has 2 nitrogen and oxygen atoms in total. The Balaban J connectivity index is 2.21. The molecule has 1 aliphatic heterocycles. The number of benzene rings is 1. The Labute approximate surface area is 115 Å². The molecule has 2 unspecified atom stereocenters. The van der Waals surface area contributed by atoms with Gasteiger partial charge >= 0.3 is 6.18 Å². The maximum absolute atomic E-state index is 13.4. The maximum Gasteiger partial charge on any atom is 0.416 e. The predicted octanol–water partition coefficient (Wildman–Crippen LogP) is 3.67. The molecule has 20 heavy (non-hydrogen) atoms. The second-order valence-corrected chi connectivity index (χ2v) is 4.91. The SMILES string of the molecule is CCNC1CCOC(c2cc(F)cc(C(F)(F)F)c2)C1. The lowest BCUT2D eigenvalue weighted by atomic mass is 9.96. The molecule has 1 aromatic rings. The fourth-order valence-corrected chi connectivity index (χ4v) is 2.47. The summed E-state index contributed by atoms with van der Waals surface area (Å²) in [5.74, 6) is -0.885. The molecular weight excluding hydrogens is 274 g/mol. The van der Waals surface area contributed by atoms with E-state index >= 15 is 0 Å². The van der Waals surface area contributed by atoms with Crippen molar-refractivity contribution in [3.8, 4) is 0 Å². The molecule has 1 saturated heterocycles. The van der Waals surface area contributed by atoms with Crippen molar-refractivity contribution >= 4 is 0 Å². The van der Waals surface area contributed by atoms with Crippen LogP contribution in [0.4, 0.5) is 17.6 Å². The number of hydrogen-bond acceptors (Lipinski definition) is 2. The summed E-state index contributed by atoms with van der Waals surface area (Å²) >= 11 is 0. The van der Waals surface area contributed by atoms with Crippen molar-refractivity contribution in [2.45, 2.75) is 38.1 Å². The van der Waals surface area contributed by atoms with E-state index in [0.29, 0.717) is 19.1 Å². The first-order chi connectivity index (χ1) is 9.40. The lowest BCUT2D eigenvalue weighted by molar-refractivity contribution is -0.137. The van der Waals surface area contributed by atoms with Gasteiger partial charge in [0.15, 0.2) is 0 Å². The molecule has 6 heteroatoms. The van der Waals surface area contributed by atoms with Gasteiger partial charge in [-0.1, -0.05) is 6.92 Å². The van der Waals surface area contributed by atoms with E-state index in [2.05, 4.69) is 5.32 Å². The van der Waals surface area contributed by atoms with Crippen LogP contribution in [-0.4, -0.2) is 19.2 Å². The van der Waals surface area contributed by atoms with Crippen molar-refractivity contribution in [3.05, 3.63) is 35.1 Å². The smallest absolute Gasteiger partial charge is 0.373 e. The van der Waals surface area contributed by atoms with Gasteiger partial charge in [0.1, 0.15) is 5.82 Å². The lowest BCUT2D eigenvalue weighted by Gasteiger charge is -2.30. The van der Waals surface area contributed by atoms with E-state index in [4.69, 9.17) is 4.74 Å². The van der Waals surface area contributed by atoms with Crippen LogP contribution >= 0.6 is 0 Å². The molecule has 1 aromatic carbocycles. The molecule has 1 heterocycles. The van der Waals surface area contributed by atoms with Crippen LogP contribution < -0.4 is 5.32 Å². The molecule has 0 radical (unpaired) electrons. The molecule has 0 bridgehead atoms. The highest BCUT2D eigenvalue weighted by molar-refractivity contribution is 5.28. The summed E-state index contributed by atoms with van der Waals surface area (Å²) in [5.41, 5.74) is -0.721. The minimum absolute atomic E-state index is 0.191. The first-order valence-corrected chi connectivity index (χ1v) is 6.63. The highest BCUT2D eigenvalue weighted by atomic mass is 19.4. The van der Waals surface area contributed by atoms with Gasteiger partial charge in [-0.15, -0.1) is 0 Å². The molecular formula is C14H17F4NO. The molecule has 2 rings (SSSR count). The standard InChI is InChI=1S/C14H17F4NO/c1-2-19-12-3-4-20-13(8-12)9-5-10(14(16,17)18)7-11(15)6-9/h5-7,12-13,19H,2-4,8H2,1H3. The molecule has 1 aliphatic rings. The number of alkyl halides is 3. The van der Waals surface area contributed by atoms with Gasteiger partial charge in [0.05, 0.1) is 11.7 Å². The molecule has 112 valence electrons. The second-order valence-electron chi connectivity index (χ2n) is 4.91. The summed E-state index contributed by atoms with van der Waals surface area (Å²) in [7, 11) is 0. The Kier molecular flexibility index (Phi) is 4.65. The Morgan fingerprint density at radius 3 is 2.70 bits per heavy atom. The van der Waals surface area contributed by atoms with Crippen LogP contribution in [0.5, 0.6) is 0 Å². The van der Waals surface area contributed by atoms with Crippen LogP contribution in [0.2, 0.25) is 0 Å². The van der Waals surface area contributed by atoms with Crippen LogP contribution in [0.15, 0.2) is 18.2 Å². The van der Waals surface area contributed by atoms with Gasteiger partial charge in [-0.2, -0.15) is 13.2 Å². The van der Waals surface area contributed by atoms with Gasteiger partial charge in [-0.3, -0.25) is 0 Å². The van der Waals surface area contributed by atoms with E-state index in [1.807, 2.05) is 6.92 Å². The third kappa shape index (κ3) is 3.70. The van der Waals surface area contributed by atoms with Crippen LogP contribution in [0.25, 0.3) is 0 Å². The van der Waals surface area contributed by atoms with Crippen molar-refractivity contribution in [2.24, 2.45) is 0 Å². The van der Waals surface area contributed by atoms with Crippen LogP contribution in [-0.2, 0) is 10.9 Å². The van der Waals surface area contributed by atoms with Crippen molar-refractivity contribution in [2.75, 3.05) is 13.2 Å². The highest BCUT2D eigenvalue weighted by Crippen LogP contribution is 2.34. The van der Waals surface area contributed by atoms with Gasteiger partial charge in [0.25, 0.3) is 0 Å². The molecule has 0 saturated carbocycles. The molecule has 0 aromatic heterocycles. The predicted molar refractivity (Wildman–Crippen MR) is 66.8 cm³/mol. The number of ether oxygens (including phenoxy) is 1. The summed E-state index contributed by atoms with van der Waals surface area (Å²) < 4.78 is 57.0. The summed E-state index contributed by atoms with van der Waals surface area (Å²) in [4.78, 5) is 0. The van der Waals surface area contributed by atoms with Crippen molar-refractivity contribution in [1.29, 1.82) is 0 Å². The Morgan fingerprint density at radius 2 is 2.05 bits per heavy atom. The van der Waals surface area contributed by atoms with E-state index in [0.717, 1.165) is 25.1 Å². The first-order valence-electron chi connectivity index (χ1n) is 6.63. The highest BCUT2D eigenvalue weighted by Gasteiger charge is 2.33. The third-order valence-electron chi connectivity index (χ3n) is 3.40. The van der Waals surface area contributed by atoms with Gasteiger partial charge in [-0.05, 0) is 43.1 Å². The van der Waals surface area contributed by atoms with Gasteiger partial charge in [-0.25, -0.2) is 4.39 Å². The summed E-state index contributed by atoms with van der Waals surface area (Å²) in [6.07, 6.45) is -3.68. The fourth-order valence-electron chi connectivity index (χ4n) is 2.47. The number of halogens is 4. The average Bonchev–Trinajstić information content (AvgIpc) is 2.38. The monoisotopic (exact) mass is 291 g/mol. The number of hydrogen-bond donors (Lipinski definition) is 1. The third-order valence-corrected chi connectivity index (χ3v) is 3.40. The van der Waals surface area contributed by atoms with Gasteiger partial charge < -0.3 is 10.1 Å². The quantitative estimate of drug-likeness (QED) is 0.858. The van der Waals surface area contributed by atoms with Gasteiger partial charge in [0.2, 0.25) is 0 Å². The molecule has 0 spiro atoms. The van der Waals surface area contributed by atoms with E-state index in [1.165, 1.54) is 0 Å². The van der Waals surface area contributed by atoms with Crippen LogP contribution in [0.3, 0.4) is 0 Å². The Bertz CT molecular complexity index is 459. The van der Waals surface area contributed by atoms with Crippen molar-refractivity contribution < 1.29 is 22.3 Å². The minimum Gasteiger partial charge on any atom is -0.373 e. The second kappa shape index (κ2) is 6.10. The van der Waals surface area contributed by atoms with E-state index in [-0.39, 0.29) is 11.6 Å². The zero-order chi connectivity index (χ0) is 14.8. The van der Waals surface area contributed by atoms with Crippen molar-refractivity contribution in [1.82, 2.24) is 5.32 Å². The van der Waals surface area contributed by atoms with E-state index < -0.39 is 23.7 Å². The van der Waals surface area contributed by atoms with E-state index in [1.54, 1.807) is 0 Å². The van der Waals surface area contributed by atoms with E-state index in [9.17, 15) is 17.6 Å². The maximum atomic E-state index is 13.4. The zero-order valence-electron chi connectivity index (χ0n) is 11.1. The summed E-state index contributed by atoms with van der Waals surface area (Å²) in [5, 5.41) is 3.25. The summed E-state index contributed by atoms with van der Waals surface area (Å²) in [6, 6.07) is 2.79. The molecule has 0 amide bonds. The topological polar surface area (TPSA) is 21.3 Å². The average molecular weight is 291 g/mol. The number of rotatable bonds is 3. The Hall–Kier alpha value is -1.14. The minimum atomic E-state index is -4.55. The van der Waals surface area contributed by atoms with Crippen LogP contribution in [0, 0.1) is 5.82 Å². The fraction of sp³-hybridized carbons (Fsp3) is 0.571. The number of nitrogens with one attached hydrogen (secondary N) is 1.